The van der Waals surface area contributed by atoms with Gasteiger partial charge in [-0.05, 0) is 52.4 Å². The van der Waals surface area contributed by atoms with Crippen molar-refractivity contribution in [1.82, 2.24) is 21.3 Å². The number of benzene rings is 5. The summed E-state index contributed by atoms with van der Waals surface area (Å²) in [6.07, 6.45) is -5.00. The third kappa shape index (κ3) is 13.0. The average molecular weight is 820 g/mol. The summed E-state index contributed by atoms with van der Waals surface area (Å²) in [5.74, 6) is -5.51. The van der Waals surface area contributed by atoms with Crippen LogP contribution in [0.5, 0.6) is 0 Å². The summed E-state index contributed by atoms with van der Waals surface area (Å²) < 4.78 is 39.9. The van der Waals surface area contributed by atoms with Crippen LogP contribution < -0.4 is 27.0 Å². The highest BCUT2D eigenvalue weighted by atomic mass is 19.4. The van der Waals surface area contributed by atoms with Crippen molar-refractivity contribution in [1.29, 1.82) is 0 Å². The van der Waals surface area contributed by atoms with Gasteiger partial charge in [0, 0.05) is 19.3 Å². The minimum atomic E-state index is -4.63. The van der Waals surface area contributed by atoms with E-state index in [1.54, 1.807) is 72.8 Å². The molecule has 0 saturated carbocycles. The molecule has 0 heterocycles. The van der Waals surface area contributed by atoms with Crippen molar-refractivity contribution < 1.29 is 41.9 Å². The first-order chi connectivity index (χ1) is 28.7. The molecule has 0 saturated heterocycles. The Labute approximate surface area is 345 Å². The quantitative estimate of drug-likeness (QED) is 0.0804. The molecule has 4 atom stereocenters. The first kappa shape index (κ1) is 44.0. The van der Waals surface area contributed by atoms with E-state index < -0.39 is 71.2 Å². The maximum atomic E-state index is 13.8. The number of carbonyl (C=O) groups excluding carboxylic acids is 6. The molecule has 0 bridgehead atoms. The Balaban J connectivity index is 1.29. The van der Waals surface area contributed by atoms with Crippen LogP contribution in [0.25, 0.3) is 11.1 Å². The molecule has 310 valence electrons. The van der Waals surface area contributed by atoms with Crippen LogP contribution in [0, 0.1) is 0 Å². The number of ketones is 1. The summed E-state index contributed by atoms with van der Waals surface area (Å²) in [6, 6.07) is 32.9. The van der Waals surface area contributed by atoms with Crippen molar-refractivity contribution >= 4 is 35.3 Å². The van der Waals surface area contributed by atoms with E-state index in [1.165, 1.54) is 6.92 Å². The first-order valence-electron chi connectivity index (χ1n) is 19.1. The number of amides is 5. The third-order valence-corrected chi connectivity index (χ3v) is 9.62. The Morgan fingerprint density at radius 3 is 1.48 bits per heavy atom. The second-order valence-electron chi connectivity index (χ2n) is 14.2. The van der Waals surface area contributed by atoms with Crippen molar-refractivity contribution in [3.05, 3.63) is 167 Å². The fraction of sp³-hybridized carbons (Fsp3) is 0.217. The monoisotopic (exact) mass is 819 g/mol. The zero-order valence-electron chi connectivity index (χ0n) is 32.6. The predicted octanol–water partition coefficient (Wildman–Crippen LogP) is 4.66. The molecule has 5 aromatic carbocycles. The molecular formula is C46H44F3N5O6. The summed E-state index contributed by atoms with van der Waals surface area (Å²) in [5.41, 5.74) is 8.87. The molecule has 0 fully saturated rings. The Morgan fingerprint density at radius 1 is 0.517 bits per heavy atom. The minimum absolute atomic E-state index is 0.0180. The summed E-state index contributed by atoms with van der Waals surface area (Å²) in [7, 11) is 0. The molecule has 0 spiro atoms. The number of alkyl halides is 3. The van der Waals surface area contributed by atoms with E-state index in [0.29, 0.717) is 16.7 Å². The number of carbonyl (C=O) groups is 6. The van der Waals surface area contributed by atoms with Gasteiger partial charge >= 0.3 is 6.18 Å². The maximum absolute atomic E-state index is 13.8. The number of hydrogen-bond acceptors (Lipinski definition) is 6. The number of nitrogens with two attached hydrogens (primary N) is 1. The molecule has 0 radical (unpaired) electrons. The molecule has 0 aliphatic carbocycles. The van der Waals surface area contributed by atoms with E-state index in [0.717, 1.165) is 35.4 Å². The molecule has 60 heavy (non-hydrogen) atoms. The summed E-state index contributed by atoms with van der Waals surface area (Å²) in [5, 5.41) is 10.0. The van der Waals surface area contributed by atoms with E-state index in [9.17, 15) is 41.9 Å². The molecule has 5 aromatic rings. The average Bonchev–Trinajstić information content (AvgIpc) is 3.23. The van der Waals surface area contributed by atoms with E-state index >= 15 is 0 Å². The van der Waals surface area contributed by atoms with Crippen LogP contribution in [0.2, 0.25) is 0 Å². The zero-order chi connectivity index (χ0) is 43.2. The lowest BCUT2D eigenvalue weighted by molar-refractivity contribution is -0.141. The number of rotatable bonds is 18. The smallest absolute Gasteiger partial charge is 0.368 e. The van der Waals surface area contributed by atoms with Crippen LogP contribution in [0.4, 0.5) is 13.2 Å². The highest BCUT2D eigenvalue weighted by Crippen LogP contribution is 2.29. The molecule has 0 aliphatic rings. The minimum Gasteiger partial charge on any atom is -0.368 e. The van der Waals surface area contributed by atoms with Gasteiger partial charge in [-0.3, -0.25) is 28.8 Å². The standard InChI is InChI=1S/C46H44F3N5O6/c1-29(51-43(58)38(26-30-11-5-2-6-12-30)52-40(55)28-31-13-7-3-8-14-31)41(56)45(60)54-39(27-33-19-23-36(24-20-33)46(47,48)49)44(59)53-37(42(50)57)25-32-17-21-35(22-18-32)34-15-9-4-10-16-34/h2-24,29,37-39H,25-28H2,1H3,(H2,50,57)(H,51,58)(H,52,55)(H,53,59)(H,54,60)/t29?,37-,38-,39-/m0/s1. The summed E-state index contributed by atoms with van der Waals surface area (Å²) in [4.78, 5) is 79.8. The third-order valence-electron chi connectivity index (χ3n) is 9.62. The molecule has 0 aliphatic heterocycles. The Morgan fingerprint density at radius 2 is 0.950 bits per heavy atom. The van der Waals surface area contributed by atoms with Crippen molar-refractivity contribution in [2.45, 2.75) is 63.0 Å². The topological polar surface area (TPSA) is 177 Å². The molecule has 14 heteroatoms. The zero-order valence-corrected chi connectivity index (χ0v) is 32.6. The van der Waals surface area contributed by atoms with Gasteiger partial charge in [0.05, 0.1) is 18.0 Å². The molecule has 6 N–H and O–H groups in total. The van der Waals surface area contributed by atoms with Crippen molar-refractivity contribution in [3.63, 3.8) is 0 Å². The Bertz CT molecular complexity index is 2260. The van der Waals surface area contributed by atoms with Crippen molar-refractivity contribution in [2.24, 2.45) is 5.73 Å². The molecule has 5 amide bonds. The van der Waals surface area contributed by atoms with Crippen molar-refractivity contribution in [3.8, 4) is 11.1 Å². The number of halogens is 3. The van der Waals surface area contributed by atoms with Gasteiger partial charge in [0.25, 0.3) is 5.91 Å². The SMILES string of the molecule is CC(NC(=O)[C@H](Cc1ccccc1)NC(=O)Cc1ccccc1)C(=O)C(=O)N[C@@H](Cc1ccc(C(F)(F)F)cc1)C(=O)N[C@@H](Cc1ccc(-c2ccccc2)cc1)C(N)=O. The van der Waals surface area contributed by atoms with E-state index in [2.05, 4.69) is 21.3 Å². The van der Waals surface area contributed by atoms with Crippen LogP contribution >= 0.6 is 0 Å². The van der Waals surface area contributed by atoms with E-state index in [-0.39, 0.29) is 31.2 Å². The Hall–Kier alpha value is -7.09. The lowest BCUT2D eigenvalue weighted by Crippen LogP contribution is -2.57. The number of Topliss-reactive ketones (excluding diaryl/α,β-unsaturated/α-hetero) is 1. The second-order valence-corrected chi connectivity index (χ2v) is 14.2. The molecule has 5 rings (SSSR count). The highest BCUT2D eigenvalue weighted by molar-refractivity contribution is 6.38. The van der Waals surface area contributed by atoms with Crippen LogP contribution in [0.3, 0.4) is 0 Å². The molecule has 1 unspecified atom stereocenters. The van der Waals surface area contributed by atoms with Crippen molar-refractivity contribution in [2.75, 3.05) is 0 Å². The second kappa shape index (κ2) is 20.6. The first-order valence-corrected chi connectivity index (χ1v) is 19.1. The molecule has 0 aromatic heterocycles. The number of nitrogens with one attached hydrogen (secondary N) is 4. The predicted molar refractivity (Wildman–Crippen MR) is 219 cm³/mol. The van der Waals surface area contributed by atoms with Gasteiger partial charge in [-0.2, -0.15) is 13.2 Å². The fourth-order valence-corrected chi connectivity index (χ4v) is 6.36. The fourth-order valence-electron chi connectivity index (χ4n) is 6.36. The largest absolute Gasteiger partial charge is 0.416 e. The molecular weight excluding hydrogens is 776 g/mol. The lowest BCUT2D eigenvalue weighted by Gasteiger charge is -2.24. The van der Waals surface area contributed by atoms with Gasteiger partial charge in [0.15, 0.2) is 0 Å². The molecule has 11 nitrogen and oxygen atoms in total. The van der Waals surface area contributed by atoms with Gasteiger partial charge in [-0.15, -0.1) is 0 Å². The summed E-state index contributed by atoms with van der Waals surface area (Å²) >= 11 is 0. The van der Waals surface area contributed by atoms with Crippen LogP contribution in [0.15, 0.2) is 140 Å². The van der Waals surface area contributed by atoms with Crippen LogP contribution in [-0.4, -0.2) is 59.5 Å². The van der Waals surface area contributed by atoms with Gasteiger partial charge in [0.1, 0.15) is 18.1 Å². The maximum Gasteiger partial charge on any atom is 0.416 e. The normalized spacial score (nSPS) is 13.1. The number of primary amides is 1. The lowest BCUT2D eigenvalue weighted by atomic mass is 9.99. The van der Waals surface area contributed by atoms with E-state index in [4.69, 9.17) is 5.73 Å². The Kier molecular flexibility index (Phi) is 15.1. The van der Waals surface area contributed by atoms with Gasteiger partial charge in [-0.1, -0.05) is 127 Å². The number of hydrogen-bond donors (Lipinski definition) is 5. The van der Waals surface area contributed by atoms with Crippen LogP contribution in [-0.2, 0) is 60.6 Å². The van der Waals surface area contributed by atoms with E-state index in [1.807, 2.05) is 42.5 Å². The van der Waals surface area contributed by atoms with Crippen LogP contribution in [0.1, 0.15) is 34.7 Å². The summed E-state index contributed by atoms with van der Waals surface area (Å²) in [6.45, 7) is 1.25. The van der Waals surface area contributed by atoms with Gasteiger partial charge in [-0.25, -0.2) is 0 Å². The highest BCUT2D eigenvalue weighted by Gasteiger charge is 2.33. The van der Waals surface area contributed by atoms with Gasteiger partial charge < -0.3 is 27.0 Å². The van der Waals surface area contributed by atoms with Gasteiger partial charge in [0.2, 0.25) is 29.4 Å².